The topological polar surface area (TPSA) is 119 Å². The number of anilines is 1. The molecule has 210 valence electrons. The lowest BCUT2D eigenvalue weighted by atomic mass is 10.0. The fourth-order valence-electron chi connectivity index (χ4n) is 5.51. The van der Waals surface area contributed by atoms with Gasteiger partial charge in [0, 0.05) is 49.3 Å². The zero-order valence-corrected chi connectivity index (χ0v) is 24.9. The van der Waals surface area contributed by atoms with Crippen molar-refractivity contribution in [2.45, 2.75) is 83.8 Å². The molecule has 2 aromatic rings. The molecule has 1 amide bonds. The quantitative estimate of drug-likeness (QED) is 0.444. The Morgan fingerprint density at radius 2 is 2.00 bits per heavy atom. The minimum Gasteiger partial charge on any atom is -0.444 e. The number of ether oxygens (including phenoxy) is 2. The molecule has 2 aromatic heterocycles. The second-order valence-electron chi connectivity index (χ2n) is 12.1. The van der Waals surface area contributed by atoms with Crippen LogP contribution >= 0.6 is 15.9 Å². The first-order valence-corrected chi connectivity index (χ1v) is 14.0. The van der Waals surface area contributed by atoms with E-state index in [0.29, 0.717) is 25.3 Å². The molecule has 1 aliphatic carbocycles. The first-order valence-electron chi connectivity index (χ1n) is 13.2. The van der Waals surface area contributed by atoms with E-state index in [1.165, 1.54) is 11.9 Å². The van der Waals surface area contributed by atoms with Crippen molar-refractivity contribution in [2.24, 2.45) is 5.92 Å². The molecule has 0 saturated heterocycles. The number of carbonyl (C=O) groups excluding carboxylic acids is 1. The fourth-order valence-corrected chi connectivity index (χ4v) is 6.11. The van der Waals surface area contributed by atoms with E-state index in [4.69, 9.17) is 15.2 Å². The summed E-state index contributed by atoms with van der Waals surface area (Å²) >= 11 is 3.61. The first-order chi connectivity index (χ1) is 17.7. The van der Waals surface area contributed by atoms with Crippen LogP contribution in [0.2, 0.25) is 0 Å². The molecule has 38 heavy (non-hydrogen) atoms. The molecule has 0 radical (unpaired) electrons. The predicted molar refractivity (Wildman–Crippen MR) is 150 cm³/mol. The summed E-state index contributed by atoms with van der Waals surface area (Å²) in [6, 6.07) is 0.0379. The number of aliphatic hydroxyl groups is 1. The Morgan fingerprint density at radius 1 is 1.26 bits per heavy atom. The highest BCUT2D eigenvalue weighted by Gasteiger charge is 2.41. The molecule has 11 heteroatoms. The maximum absolute atomic E-state index is 13.4. The van der Waals surface area contributed by atoms with Crippen molar-refractivity contribution in [3.63, 3.8) is 0 Å². The van der Waals surface area contributed by atoms with E-state index in [1.54, 1.807) is 18.7 Å². The van der Waals surface area contributed by atoms with Crippen LogP contribution in [-0.2, 0) is 9.47 Å². The third kappa shape index (κ3) is 6.98. The molecule has 3 heterocycles. The van der Waals surface area contributed by atoms with Crippen LogP contribution in [0.3, 0.4) is 0 Å². The van der Waals surface area contributed by atoms with Crippen LogP contribution in [0.1, 0.15) is 66.3 Å². The van der Waals surface area contributed by atoms with Gasteiger partial charge in [-0.3, -0.25) is 0 Å². The Bertz CT molecular complexity index is 1180. The highest BCUT2D eigenvalue weighted by Crippen LogP contribution is 2.42. The van der Waals surface area contributed by atoms with Gasteiger partial charge in [0.1, 0.15) is 23.4 Å². The minimum atomic E-state index is -1.31. The number of rotatable bonds is 7. The monoisotopic (exact) mass is 592 g/mol. The molecular formula is C27H41BrN6O4. The SMILES string of the molecule is CN1C=C(CN(C[C@H]2C[C@@H](n3cc(Br)c4c(N)ncnc43)C[C@@H]2OC(C)(C)O)C(=O)OC(C)(C)C)CCC1. The summed E-state index contributed by atoms with van der Waals surface area (Å²) < 4.78 is 14.9. The summed E-state index contributed by atoms with van der Waals surface area (Å²) in [4.78, 5) is 26.0. The standard InChI is InChI=1S/C27H41BrN6O4/c1-26(2,3)38-25(35)33(13-17-8-7-9-32(6)12-17)14-18-10-19(11-21(18)37-27(4,5)36)34-15-20(28)22-23(29)30-16-31-24(22)34/h12,15-16,18-19,21,36H,7-11,13-14H2,1-6H3,(H2,29,30,31)/t18-,19-,21+/m1/s1. The lowest BCUT2D eigenvalue weighted by Crippen LogP contribution is -2.43. The molecule has 0 spiro atoms. The van der Waals surface area contributed by atoms with E-state index in [9.17, 15) is 9.90 Å². The molecule has 3 N–H and O–H groups in total. The van der Waals surface area contributed by atoms with Crippen LogP contribution in [0, 0.1) is 5.92 Å². The highest BCUT2D eigenvalue weighted by atomic mass is 79.9. The van der Waals surface area contributed by atoms with Gasteiger partial charge >= 0.3 is 6.09 Å². The van der Waals surface area contributed by atoms with E-state index in [0.717, 1.165) is 41.3 Å². The van der Waals surface area contributed by atoms with Crippen molar-refractivity contribution in [1.29, 1.82) is 0 Å². The molecule has 10 nitrogen and oxygen atoms in total. The molecule has 3 atom stereocenters. The zero-order chi connectivity index (χ0) is 27.8. The fraction of sp³-hybridized carbons (Fsp3) is 0.667. The van der Waals surface area contributed by atoms with Crippen molar-refractivity contribution in [2.75, 3.05) is 32.4 Å². The van der Waals surface area contributed by atoms with Gasteiger partial charge in [-0.25, -0.2) is 14.8 Å². The Kier molecular flexibility index (Phi) is 8.30. The van der Waals surface area contributed by atoms with Crippen LogP contribution in [0.25, 0.3) is 11.0 Å². The van der Waals surface area contributed by atoms with E-state index >= 15 is 0 Å². The van der Waals surface area contributed by atoms with Gasteiger partial charge in [0.25, 0.3) is 0 Å². The van der Waals surface area contributed by atoms with Gasteiger partial charge in [-0.15, -0.1) is 0 Å². The van der Waals surface area contributed by atoms with Crippen LogP contribution in [0.5, 0.6) is 0 Å². The van der Waals surface area contributed by atoms with Gasteiger partial charge < -0.3 is 34.7 Å². The average molecular weight is 594 g/mol. The van der Waals surface area contributed by atoms with E-state index in [-0.39, 0.29) is 24.2 Å². The van der Waals surface area contributed by atoms with Gasteiger partial charge in [-0.2, -0.15) is 0 Å². The van der Waals surface area contributed by atoms with Crippen LogP contribution < -0.4 is 5.73 Å². The Labute approximate surface area is 233 Å². The number of fused-ring (bicyclic) bond motifs is 1. The Balaban J connectivity index is 1.63. The third-order valence-electron chi connectivity index (χ3n) is 6.94. The van der Waals surface area contributed by atoms with Crippen LogP contribution in [0.4, 0.5) is 10.6 Å². The summed E-state index contributed by atoms with van der Waals surface area (Å²) in [6.07, 6.45) is 8.37. The van der Waals surface area contributed by atoms with Crippen molar-refractivity contribution >= 4 is 38.9 Å². The highest BCUT2D eigenvalue weighted by molar-refractivity contribution is 9.10. The normalized spacial score (nSPS) is 22.6. The van der Waals surface area contributed by atoms with Gasteiger partial charge in [-0.05, 0) is 88.0 Å². The Hall–Kier alpha value is -2.37. The third-order valence-corrected chi connectivity index (χ3v) is 7.54. The van der Waals surface area contributed by atoms with Gasteiger partial charge in [0.05, 0.1) is 11.5 Å². The number of hydrogen-bond acceptors (Lipinski definition) is 8. The zero-order valence-electron chi connectivity index (χ0n) is 23.3. The first kappa shape index (κ1) is 28.6. The summed E-state index contributed by atoms with van der Waals surface area (Å²) in [5.41, 5.74) is 7.48. The number of halogens is 1. The number of amides is 1. The predicted octanol–water partition coefficient (Wildman–Crippen LogP) is 4.69. The summed E-state index contributed by atoms with van der Waals surface area (Å²) in [5.74, 6) is -0.924. The second kappa shape index (κ2) is 11.0. The van der Waals surface area contributed by atoms with Gasteiger partial charge in [0.2, 0.25) is 0 Å². The van der Waals surface area contributed by atoms with Crippen molar-refractivity contribution < 1.29 is 19.4 Å². The molecule has 1 fully saturated rings. The van der Waals surface area contributed by atoms with Gasteiger partial charge in [0.15, 0.2) is 5.79 Å². The summed E-state index contributed by atoms with van der Waals surface area (Å²) in [5, 5.41) is 11.3. The molecule has 1 aliphatic heterocycles. The molecular weight excluding hydrogens is 552 g/mol. The maximum atomic E-state index is 13.4. The molecule has 0 bridgehead atoms. The maximum Gasteiger partial charge on any atom is 0.410 e. The molecule has 2 aliphatic rings. The van der Waals surface area contributed by atoms with E-state index in [2.05, 4.69) is 48.6 Å². The van der Waals surface area contributed by atoms with Crippen molar-refractivity contribution in [3.8, 4) is 0 Å². The Morgan fingerprint density at radius 3 is 2.66 bits per heavy atom. The van der Waals surface area contributed by atoms with Gasteiger partial charge in [-0.1, -0.05) is 0 Å². The summed E-state index contributed by atoms with van der Waals surface area (Å²) in [7, 11) is 2.06. The number of nitrogens with zero attached hydrogens (tertiary/aromatic N) is 5. The smallest absolute Gasteiger partial charge is 0.410 e. The number of nitrogen functional groups attached to an aromatic ring is 1. The number of nitrogens with two attached hydrogens (primary N) is 1. The van der Waals surface area contributed by atoms with Crippen molar-refractivity contribution in [1.82, 2.24) is 24.3 Å². The molecule has 4 rings (SSSR count). The molecule has 0 unspecified atom stereocenters. The lowest BCUT2D eigenvalue weighted by Gasteiger charge is -2.34. The molecule has 1 saturated carbocycles. The van der Waals surface area contributed by atoms with Crippen LogP contribution in [0.15, 0.2) is 28.8 Å². The summed E-state index contributed by atoms with van der Waals surface area (Å²) in [6.45, 7) is 10.9. The van der Waals surface area contributed by atoms with Crippen molar-refractivity contribution in [3.05, 3.63) is 28.8 Å². The van der Waals surface area contributed by atoms with E-state index in [1.807, 2.05) is 27.0 Å². The average Bonchev–Trinajstić information content (AvgIpc) is 3.32. The van der Waals surface area contributed by atoms with Crippen LogP contribution in [-0.4, -0.2) is 79.7 Å². The minimum absolute atomic E-state index is 0.0312. The lowest BCUT2D eigenvalue weighted by molar-refractivity contribution is -0.213. The second-order valence-corrected chi connectivity index (χ2v) is 12.9. The largest absolute Gasteiger partial charge is 0.444 e. The number of aromatic nitrogens is 3. The molecule has 0 aromatic carbocycles. The van der Waals surface area contributed by atoms with E-state index < -0.39 is 11.4 Å². The number of hydrogen-bond donors (Lipinski definition) is 2. The number of carbonyl (C=O) groups is 1.